The van der Waals surface area contributed by atoms with Crippen molar-refractivity contribution in [1.29, 1.82) is 0 Å². The van der Waals surface area contributed by atoms with Gasteiger partial charge in [-0.15, -0.1) is 0 Å². The predicted octanol–water partition coefficient (Wildman–Crippen LogP) is 1.46. The van der Waals surface area contributed by atoms with Crippen molar-refractivity contribution in [3.8, 4) is 0 Å². The van der Waals surface area contributed by atoms with Gasteiger partial charge in [0.25, 0.3) is 8.38 Å². The second-order valence-electron chi connectivity index (χ2n) is 2.06. The molecule has 0 aliphatic heterocycles. The third-order valence-corrected chi connectivity index (χ3v) is 2.93. The van der Waals surface area contributed by atoms with Crippen LogP contribution in [-0.4, -0.2) is 14.2 Å². The Bertz CT molecular complexity index is 348. The van der Waals surface area contributed by atoms with Crippen LogP contribution in [0.25, 0.3) is 0 Å². The van der Waals surface area contributed by atoms with Crippen molar-refractivity contribution < 1.29 is 53.4 Å². The van der Waals surface area contributed by atoms with Gasteiger partial charge in [-0.1, -0.05) is 18.2 Å². The van der Waals surface area contributed by atoms with E-state index in [4.69, 9.17) is 32.3 Å². The Morgan fingerprint density at radius 1 is 0.682 bits per heavy atom. The second-order valence-corrected chi connectivity index (χ2v) is 4.03. The van der Waals surface area contributed by atoms with E-state index in [0.29, 0.717) is 0 Å². The normalized spacial score (nSPS) is 5.68. The Morgan fingerprint density at radius 3 is 1.18 bits per heavy atom. The van der Waals surface area contributed by atoms with E-state index in [2.05, 4.69) is 33.3 Å². The van der Waals surface area contributed by atoms with Crippen molar-refractivity contribution in [2.75, 3.05) is 14.2 Å². The first kappa shape index (κ1) is 37.3. The van der Waals surface area contributed by atoms with Crippen molar-refractivity contribution in [3.63, 3.8) is 0 Å². The van der Waals surface area contributed by atoms with Crippen LogP contribution in [0.1, 0.15) is 0 Å². The Morgan fingerprint density at radius 2 is 0.955 bits per heavy atom. The third-order valence-electron chi connectivity index (χ3n) is 1.38. The van der Waals surface area contributed by atoms with Gasteiger partial charge >= 0.3 is 56.5 Å². The number of hydrogen-bond acceptors (Lipinski definition) is 2. The standard InChI is InChI=1S/C8H11O2P.5CO.W/c1-9-11(10-2)8-6-4-3-5-7-8;5*1-2;/h3-7H,1-2H3;;;;;;/p+1. The molecule has 0 unspecified atom stereocenters. The summed E-state index contributed by atoms with van der Waals surface area (Å²) in [7, 11) is 2.14. The van der Waals surface area contributed by atoms with Gasteiger partial charge in [0.1, 0.15) is 0 Å². The molecule has 0 N–H and O–H groups in total. The number of hydrogen-bond donors (Lipinski definition) is 0. The summed E-state index contributed by atoms with van der Waals surface area (Å²) >= 11 is 0. The maximum Gasteiger partial charge on any atom is 0 e. The summed E-state index contributed by atoms with van der Waals surface area (Å²) in [6, 6.07) is 9.98. The first-order valence-corrected chi connectivity index (χ1v) is 5.72. The Labute approximate surface area is 145 Å². The summed E-state index contributed by atoms with van der Waals surface area (Å²) in [5.41, 5.74) is 0. The zero-order valence-corrected chi connectivity index (χ0v) is 15.6. The molecule has 0 bridgehead atoms. The molecule has 0 spiro atoms. The van der Waals surface area contributed by atoms with Crippen molar-refractivity contribution >= 4 is 13.7 Å². The molecule has 0 fully saturated rings. The van der Waals surface area contributed by atoms with Crippen molar-refractivity contribution in [2.24, 2.45) is 0 Å². The van der Waals surface area contributed by atoms with Gasteiger partial charge in [0.2, 0.25) is 0 Å². The molecule has 9 heteroatoms. The minimum absolute atomic E-state index is 0. The fourth-order valence-electron chi connectivity index (χ4n) is 0.893. The molecule has 7 nitrogen and oxygen atoms in total. The predicted molar refractivity (Wildman–Crippen MR) is 68.1 cm³/mol. The van der Waals surface area contributed by atoms with Crippen LogP contribution in [-0.2, 0) is 53.4 Å². The first-order valence-electron chi connectivity index (χ1n) is 4.41. The monoisotopic (exact) mass is 495 g/mol. The molecule has 0 aromatic heterocycles. The molecule has 116 valence electrons. The van der Waals surface area contributed by atoms with Crippen molar-refractivity contribution in [2.45, 2.75) is 0 Å². The topological polar surface area (TPSA) is 118 Å². The average molecular weight is 495 g/mol. The summed E-state index contributed by atoms with van der Waals surface area (Å²) < 4.78 is 47.8. The summed E-state index contributed by atoms with van der Waals surface area (Å²) in [5.74, 6) is 0. The van der Waals surface area contributed by atoms with E-state index < -0.39 is 8.38 Å². The fraction of sp³-hybridized carbons (Fsp3) is 0.154. The van der Waals surface area contributed by atoms with Crippen LogP contribution >= 0.6 is 8.38 Å². The minimum atomic E-state index is -1.20. The molecule has 0 saturated carbocycles. The smallest absolute Gasteiger partial charge is 0 e. The molecule has 0 aliphatic rings. The third kappa shape index (κ3) is 27.3. The maximum atomic E-state index is 7.50. The SMILES string of the molecule is CO[PH+](OC)c1ccccc1.[C-]#[O+].[C-]#[O+].[C-]#[O+].[C-]#[O+].[C-]#[O+].[W]. The first-order chi connectivity index (χ1) is 10.4. The van der Waals surface area contributed by atoms with Crippen LogP contribution in [0.15, 0.2) is 30.3 Å². The van der Waals surface area contributed by atoms with Crippen LogP contribution in [0.5, 0.6) is 0 Å². The van der Waals surface area contributed by atoms with Gasteiger partial charge in [0, 0.05) is 21.1 Å². The van der Waals surface area contributed by atoms with Gasteiger partial charge in [0.15, 0.2) is 5.30 Å². The van der Waals surface area contributed by atoms with Gasteiger partial charge in [-0.25, -0.2) is 9.05 Å². The quantitative estimate of drug-likeness (QED) is 0.359. The van der Waals surface area contributed by atoms with E-state index in [1.54, 1.807) is 14.2 Å². The molecule has 0 heterocycles. The summed E-state index contributed by atoms with van der Waals surface area (Å²) in [5, 5.41) is 1.14. The summed E-state index contributed by atoms with van der Waals surface area (Å²) in [4.78, 5) is 0. The number of rotatable bonds is 3. The van der Waals surface area contributed by atoms with Crippen LogP contribution in [0.3, 0.4) is 0 Å². The van der Waals surface area contributed by atoms with Crippen LogP contribution in [0.2, 0.25) is 0 Å². The maximum absolute atomic E-state index is 7.50. The molecular weight excluding hydrogens is 483 g/mol. The molecule has 0 aliphatic carbocycles. The van der Waals surface area contributed by atoms with Crippen LogP contribution in [0.4, 0.5) is 0 Å². The van der Waals surface area contributed by atoms with Crippen LogP contribution in [0, 0.1) is 33.3 Å². The summed E-state index contributed by atoms with van der Waals surface area (Å²) in [6.07, 6.45) is 0. The molecule has 0 amide bonds. The van der Waals surface area contributed by atoms with E-state index in [0.717, 1.165) is 5.30 Å². The van der Waals surface area contributed by atoms with Gasteiger partial charge in [0.05, 0.1) is 14.2 Å². The van der Waals surface area contributed by atoms with Gasteiger partial charge in [-0.2, -0.15) is 0 Å². The zero-order valence-electron chi connectivity index (χ0n) is 11.7. The molecule has 1 aromatic rings. The molecule has 1 aromatic carbocycles. The van der Waals surface area contributed by atoms with Crippen molar-refractivity contribution in [1.82, 2.24) is 0 Å². The van der Waals surface area contributed by atoms with E-state index in [1.807, 2.05) is 30.3 Å². The Hall–Kier alpha value is -1.04. The minimum Gasteiger partial charge on any atom is 0 e. The Kier molecular flexibility index (Phi) is 85.1. The van der Waals surface area contributed by atoms with E-state index in [1.165, 1.54) is 0 Å². The largest absolute Gasteiger partial charge is 0 e. The molecule has 0 atom stereocenters. The molecule has 0 saturated heterocycles. The van der Waals surface area contributed by atoms with Crippen LogP contribution < -0.4 is 5.30 Å². The molecule has 0 radical (unpaired) electrons. The van der Waals surface area contributed by atoms with E-state index in [-0.39, 0.29) is 21.1 Å². The van der Waals surface area contributed by atoms with E-state index in [9.17, 15) is 0 Å². The second kappa shape index (κ2) is 50.2. The molecule has 1 rings (SSSR count). The average Bonchev–Trinajstić information content (AvgIpc) is 2.65. The zero-order chi connectivity index (χ0) is 18.1. The van der Waals surface area contributed by atoms with Crippen molar-refractivity contribution in [3.05, 3.63) is 63.6 Å². The fourth-order valence-corrected chi connectivity index (χ4v) is 2.00. The Balaban J connectivity index is -0.0000000500. The molecule has 22 heavy (non-hydrogen) atoms. The summed E-state index contributed by atoms with van der Waals surface area (Å²) in [6.45, 7) is 22.5. The van der Waals surface area contributed by atoms with Gasteiger partial charge < -0.3 is 0 Å². The van der Waals surface area contributed by atoms with Gasteiger partial charge in [-0.05, 0) is 12.1 Å². The number of benzene rings is 1. The van der Waals surface area contributed by atoms with E-state index >= 15 is 0 Å². The molecular formula is C13H12O7PW+. The van der Waals surface area contributed by atoms with Gasteiger partial charge in [-0.3, -0.25) is 0 Å².